The lowest BCUT2D eigenvalue weighted by Gasteiger charge is -2.21. The molecule has 1 atom stereocenters. The van der Waals surface area contributed by atoms with Crippen LogP contribution in [0.15, 0.2) is 4.47 Å². The summed E-state index contributed by atoms with van der Waals surface area (Å²) in [7, 11) is 3.48. The van der Waals surface area contributed by atoms with Gasteiger partial charge in [-0.1, -0.05) is 13.8 Å². The van der Waals surface area contributed by atoms with Crippen molar-refractivity contribution in [3.63, 3.8) is 0 Å². The first-order chi connectivity index (χ1) is 9.04. The number of nitrogens with one attached hydrogen (secondary N) is 1. The van der Waals surface area contributed by atoms with Gasteiger partial charge in [-0.3, -0.25) is 0 Å². The first-order valence-corrected chi connectivity index (χ1v) is 7.19. The monoisotopic (exact) mass is 331 g/mol. The maximum Gasteiger partial charge on any atom is 0.160 e. The second-order valence-electron chi connectivity index (χ2n) is 4.49. The number of anilines is 1. The lowest BCUT2D eigenvalue weighted by molar-refractivity contribution is 0.0228. The summed E-state index contributed by atoms with van der Waals surface area (Å²) in [5.41, 5.74) is 0.821. The molecule has 0 fully saturated rings. The second kappa shape index (κ2) is 7.77. The lowest BCUT2D eigenvalue weighted by atomic mass is 10.1. The third-order valence-electron chi connectivity index (χ3n) is 2.66. The van der Waals surface area contributed by atoms with Crippen molar-refractivity contribution in [2.75, 3.05) is 26.1 Å². The summed E-state index contributed by atoms with van der Waals surface area (Å²) < 4.78 is 11.8. The quantitative estimate of drug-likeness (QED) is 0.831. The number of nitrogens with zero attached hydrogens (tertiary/aromatic N) is 2. The summed E-state index contributed by atoms with van der Waals surface area (Å²) in [6.45, 7) is 7.24. The molecule has 0 aliphatic heterocycles. The van der Waals surface area contributed by atoms with Gasteiger partial charge in [0.1, 0.15) is 11.9 Å². The van der Waals surface area contributed by atoms with Gasteiger partial charge in [0.25, 0.3) is 0 Å². The summed E-state index contributed by atoms with van der Waals surface area (Å²) in [4.78, 5) is 9.09. The summed E-state index contributed by atoms with van der Waals surface area (Å²) in [6, 6.07) is 0. The molecule has 0 aliphatic carbocycles. The highest BCUT2D eigenvalue weighted by molar-refractivity contribution is 9.10. The van der Waals surface area contributed by atoms with Gasteiger partial charge in [0.2, 0.25) is 0 Å². The molecule has 6 heteroatoms. The zero-order chi connectivity index (χ0) is 14.4. The molecular formula is C13H22BrN3O2. The van der Waals surface area contributed by atoms with E-state index in [9.17, 15) is 0 Å². The van der Waals surface area contributed by atoms with Gasteiger partial charge in [0.05, 0.1) is 16.8 Å². The minimum Gasteiger partial charge on any atom is -0.378 e. The zero-order valence-corrected chi connectivity index (χ0v) is 13.7. The first-order valence-electron chi connectivity index (χ1n) is 6.39. The Morgan fingerprint density at radius 2 is 2.00 bits per heavy atom. The van der Waals surface area contributed by atoms with Crippen molar-refractivity contribution in [1.29, 1.82) is 0 Å². The van der Waals surface area contributed by atoms with Gasteiger partial charge < -0.3 is 14.8 Å². The minimum atomic E-state index is -0.110. The molecule has 0 saturated carbocycles. The molecule has 0 bridgehead atoms. The molecule has 1 rings (SSSR count). The van der Waals surface area contributed by atoms with Gasteiger partial charge >= 0.3 is 0 Å². The normalized spacial score (nSPS) is 12.8. The van der Waals surface area contributed by atoms with Crippen LogP contribution in [0.25, 0.3) is 0 Å². The van der Waals surface area contributed by atoms with Crippen LogP contribution in [0.2, 0.25) is 0 Å². The Bertz CT molecular complexity index is 413. The molecule has 0 aliphatic rings. The Labute approximate surface area is 123 Å². The van der Waals surface area contributed by atoms with E-state index in [-0.39, 0.29) is 6.10 Å². The molecule has 5 nitrogen and oxygen atoms in total. The van der Waals surface area contributed by atoms with Crippen LogP contribution in [0.4, 0.5) is 5.82 Å². The molecule has 19 heavy (non-hydrogen) atoms. The molecule has 1 unspecified atom stereocenters. The molecule has 0 amide bonds. The fraction of sp³-hybridized carbons (Fsp3) is 0.692. The van der Waals surface area contributed by atoms with Crippen LogP contribution >= 0.6 is 15.9 Å². The number of hydrogen-bond acceptors (Lipinski definition) is 5. The molecule has 1 N–H and O–H groups in total. The smallest absolute Gasteiger partial charge is 0.160 e. The molecule has 108 valence electrons. The first kappa shape index (κ1) is 16.3. The third-order valence-corrected chi connectivity index (χ3v) is 3.49. The van der Waals surface area contributed by atoms with Crippen LogP contribution in [0.1, 0.15) is 38.4 Å². The van der Waals surface area contributed by atoms with Crippen molar-refractivity contribution in [2.24, 2.45) is 5.92 Å². The summed E-state index contributed by atoms with van der Waals surface area (Å²) >= 11 is 3.49. The Morgan fingerprint density at radius 1 is 1.32 bits per heavy atom. The number of ether oxygens (including phenoxy) is 2. The van der Waals surface area contributed by atoms with E-state index in [2.05, 4.69) is 45.1 Å². The molecule has 0 radical (unpaired) electrons. The van der Waals surface area contributed by atoms with Crippen molar-refractivity contribution in [3.05, 3.63) is 16.0 Å². The SMILES string of the molecule is CCOC(c1nc(COC)c(Br)c(NC)n1)C(C)C. The van der Waals surface area contributed by atoms with E-state index in [1.807, 2.05) is 14.0 Å². The largest absolute Gasteiger partial charge is 0.378 e. The van der Waals surface area contributed by atoms with E-state index in [0.29, 0.717) is 25.0 Å². The van der Waals surface area contributed by atoms with E-state index in [0.717, 1.165) is 16.0 Å². The maximum atomic E-state index is 5.75. The molecule has 0 saturated heterocycles. The zero-order valence-electron chi connectivity index (χ0n) is 12.2. The van der Waals surface area contributed by atoms with Crippen LogP contribution in [-0.2, 0) is 16.1 Å². The topological polar surface area (TPSA) is 56.3 Å². The minimum absolute atomic E-state index is 0.110. The summed E-state index contributed by atoms with van der Waals surface area (Å²) in [6.07, 6.45) is -0.110. The van der Waals surface area contributed by atoms with Crippen LogP contribution < -0.4 is 5.32 Å². The Morgan fingerprint density at radius 3 is 2.47 bits per heavy atom. The van der Waals surface area contributed by atoms with Crippen molar-refractivity contribution >= 4 is 21.7 Å². The maximum absolute atomic E-state index is 5.75. The van der Waals surface area contributed by atoms with Crippen molar-refractivity contribution in [1.82, 2.24) is 9.97 Å². The van der Waals surface area contributed by atoms with E-state index < -0.39 is 0 Å². The molecule has 1 aromatic heterocycles. The fourth-order valence-corrected chi connectivity index (χ4v) is 2.27. The van der Waals surface area contributed by atoms with Gasteiger partial charge in [-0.05, 0) is 28.8 Å². The highest BCUT2D eigenvalue weighted by Crippen LogP contribution is 2.29. The number of halogens is 1. The average molecular weight is 332 g/mol. The van der Waals surface area contributed by atoms with Crippen LogP contribution in [0.3, 0.4) is 0 Å². The summed E-state index contributed by atoms with van der Waals surface area (Å²) in [5.74, 6) is 1.75. The predicted octanol–water partition coefficient (Wildman–Crippen LogP) is 3.16. The van der Waals surface area contributed by atoms with Crippen LogP contribution in [0.5, 0.6) is 0 Å². The fourth-order valence-electron chi connectivity index (χ4n) is 1.78. The Kier molecular flexibility index (Phi) is 6.68. The third kappa shape index (κ3) is 4.12. The van der Waals surface area contributed by atoms with Gasteiger partial charge in [-0.25, -0.2) is 9.97 Å². The van der Waals surface area contributed by atoms with Crippen molar-refractivity contribution in [3.8, 4) is 0 Å². The number of hydrogen-bond donors (Lipinski definition) is 1. The molecule has 0 spiro atoms. The van der Waals surface area contributed by atoms with E-state index >= 15 is 0 Å². The highest BCUT2D eigenvalue weighted by atomic mass is 79.9. The van der Waals surface area contributed by atoms with E-state index in [4.69, 9.17) is 9.47 Å². The highest BCUT2D eigenvalue weighted by Gasteiger charge is 2.22. The van der Waals surface area contributed by atoms with Gasteiger partial charge in [-0.15, -0.1) is 0 Å². The average Bonchev–Trinajstić information content (AvgIpc) is 2.38. The standard InChI is InChI=1S/C13H22BrN3O2/c1-6-19-11(8(2)3)13-16-9(7-18-5)10(14)12(15-4)17-13/h8,11H,6-7H2,1-5H3,(H,15,16,17). The van der Waals surface area contributed by atoms with Gasteiger partial charge in [-0.2, -0.15) is 0 Å². The second-order valence-corrected chi connectivity index (χ2v) is 5.29. The molecule has 1 heterocycles. The van der Waals surface area contributed by atoms with Crippen molar-refractivity contribution in [2.45, 2.75) is 33.5 Å². The number of rotatable bonds is 7. The van der Waals surface area contributed by atoms with Gasteiger partial charge in [0.15, 0.2) is 5.82 Å². The van der Waals surface area contributed by atoms with Gasteiger partial charge in [0, 0.05) is 20.8 Å². The molecule has 0 aromatic carbocycles. The van der Waals surface area contributed by atoms with Crippen LogP contribution in [-0.4, -0.2) is 30.7 Å². The number of aromatic nitrogens is 2. The van der Waals surface area contributed by atoms with E-state index in [1.54, 1.807) is 7.11 Å². The van der Waals surface area contributed by atoms with Crippen molar-refractivity contribution < 1.29 is 9.47 Å². The molecular weight excluding hydrogens is 310 g/mol. The predicted molar refractivity (Wildman–Crippen MR) is 79.2 cm³/mol. The summed E-state index contributed by atoms with van der Waals surface area (Å²) in [5, 5.41) is 3.06. The lowest BCUT2D eigenvalue weighted by Crippen LogP contribution is -2.17. The molecule has 1 aromatic rings. The van der Waals surface area contributed by atoms with Crippen LogP contribution in [0, 0.1) is 5.92 Å². The number of methoxy groups -OCH3 is 1. The Hall–Kier alpha value is -0.720. The van der Waals surface area contributed by atoms with E-state index in [1.165, 1.54) is 0 Å². The Balaban J connectivity index is 3.21.